The van der Waals surface area contributed by atoms with Gasteiger partial charge in [0.25, 0.3) is 0 Å². The highest BCUT2D eigenvalue weighted by molar-refractivity contribution is 5.90. The summed E-state index contributed by atoms with van der Waals surface area (Å²) >= 11 is 0. The van der Waals surface area contributed by atoms with E-state index in [1.165, 1.54) is 31.2 Å². The molecule has 0 bridgehead atoms. The van der Waals surface area contributed by atoms with Gasteiger partial charge < -0.3 is 9.84 Å². The van der Waals surface area contributed by atoms with Crippen LogP contribution in [0.4, 0.5) is 4.39 Å². The van der Waals surface area contributed by atoms with Crippen LogP contribution in [0, 0.1) is 5.82 Å². The molecule has 0 aliphatic heterocycles. The van der Waals surface area contributed by atoms with Crippen molar-refractivity contribution in [2.45, 2.75) is 6.92 Å². The van der Waals surface area contributed by atoms with Crippen LogP contribution in [0.5, 0.6) is 11.5 Å². The van der Waals surface area contributed by atoms with Gasteiger partial charge in [0.1, 0.15) is 17.3 Å². The van der Waals surface area contributed by atoms with E-state index in [1.54, 1.807) is 6.07 Å². The van der Waals surface area contributed by atoms with Gasteiger partial charge in [0, 0.05) is 18.4 Å². The molecule has 0 aromatic heterocycles. The number of halogens is 1. The first-order chi connectivity index (χ1) is 7.56. The van der Waals surface area contributed by atoms with Gasteiger partial charge in [-0.15, -0.1) is 0 Å². The number of benzene rings is 2. The number of rotatable bonds is 1. The van der Waals surface area contributed by atoms with Crippen LogP contribution in [-0.2, 0) is 4.79 Å². The smallest absolute Gasteiger partial charge is 0.308 e. The van der Waals surface area contributed by atoms with E-state index in [4.69, 9.17) is 4.74 Å². The van der Waals surface area contributed by atoms with Gasteiger partial charge in [0.2, 0.25) is 0 Å². The number of hydrogen-bond donors (Lipinski definition) is 1. The fourth-order valence-corrected chi connectivity index (χ4v) is 1.51. The fraction of sp³-hybridized carbons (Fsp3) is 0.0833. The molecule has 0 aliphatic carbocycles. The van der Waals surface area contributed by atoms with E-state index in [0.29, 0.717) is 10.8 Å². The average molecular weight is 220 g/mol. The zero-order valence-corrected chi connectivity index (χ0v) is 8.53. The largest absolute Gasteiger partial charge is 0.507 e. The zero-order chi connectivity index (χ0) is 11.7. The maximum absolute atomic E-state index is 12.9. The van der Waals surface area contributed by atoms with Gasteiger partial charge in [-0.2, -0.15) is 0 Å². The molecule has 4 heteroatoms. The summed E-state index contributed by atoms with van der Waals surface area (Å²) in [5.74, 6) is -0.777. The molecule has 82 valence electrons. The predicted molar refractivity (Wildman–Crippen MR) is 56.9 cm³/mol. The molecule has 0 aliphatic rings. The first kappa shape index (κ1) is 10.4. The summed E-state index contributed by atoms with van der Waals surface area (Å²) in [7, 11) is 0. The molecule has 3 nitrogen and oxygen atoms in total. The van der Waals surface area contributed by atoms with Crippen LogP contribution in [0.1, 0.15) is 6.92 Å². The highest BCUT2D eigenvalue weighted by Gasteiger charge is 2.06. The van der Waals surface area contributed by atoms with Gasteiger partial charge in [0.15, 0.2) is 0 Å². The van der Waals surface area contributed by atoms with Crippen LogP contribution in [0.15, 0.2) is 30.3 Å². The van der Waals surface area contributed by atoms with Crippen LogP contribution >= 0.6 is 0 Å². The number of esters is 1. The van der Waals surface area contributed by atoms with Crippen LogP contribution in [0.3, 0.4) is 0 Å². The minimum Gasteiger partial charge on any atom is -0.507 e. The van der Waals surface area contributed by atoms with Crippen molar-refractivity contribution >= 4 is 16.7 Å². The standard InChI is InChI=1S/C12H9FO3/c1-7(14)16-10-4-8-2-3-9(13)5-11(8)12(15)6-10/h2-6,15H,1H3. The molecule has 0 spiro atoms. The van der Waals surface area contributed by atoms with Gasteiger partial charge in [0.05, 0.1) is 0 Å². The van der Waals surface area contributed by atoms with Crippen molar-refractivity contribution in [2.75, 3.05) is 0 Å². The SMILES string of the molecule is CC(=O)Oc1cc(O)c2cc(F)ccc2c1. The molecule has 2 aromatic rings. The molecule has 0 heterocycles. The lowest BCUT2D eigenvalue weighted by atomic mass is 10.1. The molecule has 0 saturated carbocycles. The average Bonchev–Trinajstić information content (AvgIpc) is 2.18. The Labute approximate surface area is 91.1 Å². The molecule has 0 amide bonds. The number of carbonyl (C=O) groups excluding carboxylic acids is 1. The molecule has 2 aromatic carbocycles. The summed E-state index contributed by atoms with van der Waals surface area (Å²) in [5, 5.41) is 10.6. The lowest BCUT2D eigenvalue weighted by Crippen LogP contribution is -2.01. The molecule has 1 N–H and O–H groups in total. The van der Waals surface area contributed by atoms with Crippen LogP contribution in [0.2, 0.25) is 0 Å². The van der Waals surface area contributed by atoms with E-state index >= 15 is 0 Å². The molecule has 16 heavy (non-hydrogen) atoms. The molecular formula is C12H9FO3. The minimum atomic E-state index is -0.471. The Morgan fingerprint density at radius 1 is 1.31 bits per heavy atom. The van der Waals surface area contributed by atoms with Crippen LogP contribution in [0.25, 0.3) is 10.8 Å². The van der Waals surface area contributed by atoms with Gasteiger partial charge >= 0.3 is 5.97 Å². The maximum atomic E-state index is 12.9. The quantitative estimate of drug-likeness (QED) is 0.593. The van der Waals surface area contributed by atoms with E-state index in [9.17, 15) is 14.3 Å². The normalized spacial score (nSPS) is 10.4. The lowest BCUT2D eigenvalue weighted by Gasteiger charge is -2.05. The topological polar surface area (TPSA) is 46.5 Å². The van der Waals surface area contributed by atoms with Crippen molar-refractivity contribution in [1.29, 1.82) is 0 Å². The Bertz CT molecular complexity index is 563. The Morgan fingerprint density at radius 3 is 2.75 bits per heavy atom. The zero-order valence-electron chi connectivity index (χ0n) is 8.53. The number of phenols is 1. The summed E-state index contributed by atoms with van der Waals surface area (Å²) < 4.78 is 17.8. The maximum Gasteiger partial charge on any atom is 0.308 e. The number of hydrogen-bond acceptors (Lipinski definition) is 3. The van der Waals surface area contributed by atoms with Crippen molar-refractivity contribution in [3.63, 3.8) is 0 Å². The molecule has 0 unspecified atom stereocenters. The van der Waals surface area contributed by atoms with Crippen molar-refractivity contribution in [3.8, 4) is 11.5 Å². The Hall–Kier alpha value is -2.10. The second kappa shape index (κ2) is 3.81. The third kappa shape index (κ3) is 1.95. The number of aromatic hydroxyl groups is 1. The second-order valence-corrected chi connectivity index (χ2v) is 3.40. The van der Waals surface area contributed by atoms with E-state index in [-0.39, 0.29) is 11.5 Å². The van der Waals surface area contributed by atoms with Crippen molar-refractivity contribution in [1.82, 2.24) is 0 Å². The van der Waals surface area contributed by atoms with Gasteiger partial charge in [-0.1, -0.05) is 6.07 Å². The number of fused-ring (bicyclic) bond motifs is 1. The summed E-state index contributed by atoms with van der Waals surface area (Å²) in [6, 6.07) is 6.86. The van der Waals surface area contributed by atoms with E-state index < -0.39 is 11.8 Å². The Balaban J connectivity index is 2.59. The molecule has 2 rings (SSSR count). The second-order valence-electron chi connectivity index (χ2n) is 3.40. The fourth-order valence-electron chi connectivity index (χ4n) is 1.51. The molecule has 0 saturated heterocycles. The van der Waals surface area contributed by atoms with Gasteiger partial charge in [-0.3, -0.25) is 4.79 Å². The highest BCUT2D eigenvalue weighted by Crippen LogP contribution is 2.30. The van der Waals surface area contributed by atoms with Crippen molar-refractivity contribution in [2.24, 2.45) is 0 Å². The third-order valence-corrected chi connectivity index (χ3v) is 2.13. The molecule has 0 atom stereocenters. The third-order valence-electron chi connectivity index (χ3n) is 2.13. The monoisotopic (exact) mass is 220 g/mol. The predicted octanol–water partition coefficient (Wildman–Crippen LogP) is 2.61. The van der Waals surface area contributed by atoms with Crippen LogP contribution in [-0.4, -0.2) is 11.1 Å². The molecule has 0 radical (unpaired) electrons. The highest BCUT2D eigenvalue weighted by atomic mass is 19.1. The Morgan fingerprint density at radius 2 is 2.06 bits per heavy atom. The number of carbonyl (C=O) groups is 1. The summed E-state index contributed by atoms with van der Waals surface area (Å²) in [4.78, 5) is 10.8. The first-order valence-electron chi connectivity index (χ1n) is 4.67. The van der Waals surface area contributed by atoms with Gasteiger partial charge in [-0.05, 0) is 23.6 Å². The number of phenolic OH excluding ortho intramolecular Hbond substituents is 1. The Kier molecular flexibility index (Phi) is 2.48. The van der Waals surface area contributed by atoms with Crippen molar-refractivity contribution in [3.05, 3.63) is 36.1 Å². The molecular weight excluding hydrogens is 211 g/mol. The number of ether oxygens (including phenoxy) is 1. The van der Waals surface area contributed by atoms with Crippen molar-refractivity contribution < 1.29 is 19.0 Å². The minimum absolute atomic E-state index is 0.117. The summed E-state index contributed by atoms with van der Waals surface area (Å²) in [6.45, 7) is 1.27. The lowest BCUT2D eigenvalue weighted by molar-refractivity contribution is -0.131. The van der Waals surface area contributed by atoms with E-state index in [0.717, 1.165) is 0 Å². The van der Waals surface area contributed by atoms with Gasteiger partial charge in [-0.25, -0.2) is 4.39 Å². The first-order valence-corrected chi connectivity index (χ1v) is 4.67. The van der Waals surface area contributed by atoms with Crippen LogP contribution < -0.4 is 4.74 Å². The van der Waals surface area contributed by atoms with E-state index in [2.05, 4.69) is 0 Å². The summed E-state index contributed by atoms with van der Waals surface area (Å²) in [5.41, 5.74) is 0. The summed E-state index contributed by atoms with van der Waals surface area (Å²) in [6.07, 6.45) is 0. The molecule has 0 fully saturated rings. The van der Waals surface area contributed by atoms with E-state index in [1.807, 2.05) is 0 Å².